The van der Waals surface area contributed by atoms with Crippen molar-refractivity contribution in [3.05, 3.63) is 29.8 Å². The molecule has 0 saturated heterocycles. The molecule has 1 nitrogen and oxygen atoms in total. The molecule has 1 aliphatic rings. The Balaban J connectivity index is 1.89. The van der Waals surface area contributed by atoms with Gasteiger partial charge in [0.15, 0.2) is 0 Å². The van der Waals surface area contributed by atoms with E-state index in [9.17, 15) is 0 Å². The predicted octanol–water partition coefficient (Wildman–Crippen LogP) is 4.32. The topological polar surface area (TPSA) is 12.0 Å². The summed E-state index contributed by atoms with van der Waals surface area (Å²) < 4.78 is 0. The van der Waals surface area contributed by atoms with Gasteiger partial charge in [-0.05, 0) is 55.8 Å². The summed E-state index contributed by atoms with van der Waals surface area (Å²) in [4.78, 5) is 1.43. The van der Waals surface area contributed by atoms with Crippen LogP contribution in [0.25, 0.3) is 0 Å². The average molecular weight is 263 g/mol. The van der Waals surface area contributed by atoms with Gasteiger partial charge in [0.1, 0.15) is 0 Å². The molecule has 3 atom stereocenters. The number of benzene rings is 1. The van der Waals surface area contributed by atoms with Crippen LogP contribution < -0.4 is 5.32 Å². The quantitative estimate of drug-likeness (QED) is 0.868. The molecule has 0 amide bonds. The second kappa shape index (κ2) is 6.63. The molecule has 1 aromatic carbocycles. The van der Waals surface area contributed by atoms with Gasteiger partial charge in [0.25, 0.3) is 0 Å². The van der Waals surface area contributed by atoms with E-state index in [4.69, 9.17) is 0 Å². The number of hydrogen-bond acceptors (Lipinski definition) is 2. The van der Waals surface area contributed by atoms with Crippen molar-refractivity contribution < 1.29 is 0 Å². The largest absolute Gasteiger partial charge is 0.316 e. The van der Waals surface area contributed by atoms with Crippen LogP contribution in [0.2, 0.25) is 0 Å². The third kappa shape index (κ3) is 3.76. The van der Waals surface area contributed by atoms with Crippen molar-refractivity contribution >= 4 is 11.8 Å². The molecule has 1 N–H and O–H groups in total. The summed E-state index contributed by atoms with van der Waals surface area (Å²) >= 11 is 2.08. The summed E-state index contributed by atoms with van der Waals surface area (Å²) in [6.45, 7) is 5.77. The fourth-order valence-corrected chi connectivity index (χ4v) is 4.02. The van der Waals surface area contributed by atoms with Crippen molar-refractivity contribution in [2.24, 2.45) is 11.8 Å². The summed E-state index contributed by atoms with van der Waals surface area (Å²) in [5.74, 6) is 1.81. The summed E-state index contributed by atoms with van der Waals surface area (Å²) in [7, 11) is 1.99. The minimum atomic E-state index is 0.825. The Morgan fingerprint density at radius 2 is 1.83 bits per heavy atom. The SMILES string of the molecule is CNCc1ccc(SC2CCC(C)C(C)C2)cc1. The van der Waals surface area contributed by atoms with Crippen LogP contribution in [-0.4, -0.2) is 12.3 Å². The molecule has 1 saturated carbocycles. The third-order valence-electron chi connectivity index (χ3n) is 4.16. The van der Waals surface area contributed by atoms with Crippen molar-refractivity contribution in [1.29, 1.82) is 0 Å². The maximum absolute atomic E-state index is 3.19. The first kappa shape index (κ1) is 14.0. The minimum absolute atomic E-state index is 0.825. The third-order valence-corrected chi connectivity index (χ3v) is 5.46. The monoisotopic (exact) mass is 263 g/mol. The normalized spacial score (nSPS) is 28.3. The van der Waals surface area contributed by atoms with Crippen molar-refractivity contribution in [3.8, 4) is 0 Å². The Morgan fingerprint density at radius 1 is 1.11 bits per heavy atom. The van der Waals surface area contributed by atoms with Crippen LogP contribution in [0, 0.1) is 11.8 Å². The lowest BCUT2D eigenvalue weighted by Crippen LogP contribution is -2.22. The van der Waals surface area contributed by atoms with E-state index in [0.29, 0.717) is 0 Å². The molecule has 2 rings (SSSR count). The van der Waals surface area contributed by atoms with E-state index in [1.165, 1.54) is 29.7 Å². The van der Waals surface area contributed by atoms with E-state index in [0.717, 1.165) is 23.6 Å². The summed E-state index contributed by atoms with van der Waals surface area (Å²) in [5.41, 5.74) is 1.37. The molecule has 0 radical (unpaired) electrons. The van der Waals surface area contributed by atoms with E-state index in [1.807, 2.05) is 7.05 Å². The molecule has 1 aliphatic carbocycles. The van der Waals surface area contributed by atoms with Gasteiger partial charge in [-0.1, -0.05) is 26.0 Å². The van der Waals surface area contributed by atoms with E-state index in [2.05, 4.69) is 55.2 Å². The molecule has 2 heteroatoms. The van der Waals surface area contributed by atoms with Gasteiger partial charge < -0.3 is 5.32 Å². The summed E-state index contributed by atoms with van der Waals surface area (Å²) in [5, 5.41) is 4.01. The molecule has 0 bridgehead atoms. The van der Waals surface area contributed by atoms with E-state index in [-0.39, 0.29) is 0 Å². The first-order chi connectivity index (χ1) is 8.69. The highest BCUT2D eigenvalue weighted by Crippen LogP contribution is 2.38. The van der Waals surface area contributed by atoms with Crippen LogP contribution in [0.15, 0.2) is 29.2 Å². The lowest BCUT2D eigenvalue weighted by Gasteiger charge is -2.31. The summed E-state index contributed by atoms with van der Waals surface area (Å²) in [6, 6.07) is 9.04. The molecule has 18 heavy (non-hydrogen) atoms. The van der Waals surface area contributed by atoms with Gasteiger partial charge in [-0.3, -0.25) is 0 Å². The zero-order valence-electron chi connectivity index (χ0n) is 11.8. The van der Waals surface area contributed by atoms with Gasteiger partial charge in [-0.25, -0.2) is 0 Å². The van der Waals surface area contributed by atoms with Gasteiger partial charge in [0.05, 0.1) is 0 Å². The van der Waals surface area contributed by atoms with E-state index in [1.54, 1.807) is 0 Å². The Labute approximate surface area is 116 Å². The maximum Gasteiger partial charge on any atom is 0.0202 e. The first-order valence-corrected chi connectivity index (χ1v) is 7.97. The van der Waals surface area contributed by atoms with E-state index >= 15 is 0 Å². The van der Waals surface area contributed by atoms with Gasteiger partial charge in [-0.2, -0.15) is 0 Å². The smallest absolute Gasteiger partial charge is 0.0202 e. The molecule has 0 spiro atoms. The highest BCUT2D eigenvalue weighted by atomic mass is 32.2. The van der Waals surface area contributed by atoms with Crippen LogP contribution in [-0.2, 0) is 6.54 Å². The van der Waals surface area contributed by atoms with Gasteiger partial charge in [-0.15, -0.1) is 11.8 Å². The number of rotatable bonds is 4. The predicted molar refractivity (Wildman–Crippen MR) is 81.0 cm³/mol. The highest BCUT2D eigenvalue weighted by Gasteiger charge is 2.24. The lowest BCUT2D eigenvalue weighted by atomic mass is 9.81. The number of nitrogens with one attached hydrogen (secondary N) is 1. The fraction of sp³-hybridized carbons (Fsp3) is 0.625. The molecule has 0 aliphatic heterocycles. The molecule has 3 unspecified atom stereocenters. The Kier molecular flexibility index (Phi) is 5.13. The standard InChI is InChI=1S/C16H25NS/c1-12-4-7-16(10-13(12)2)18-15-8-5-14(6-9-15)11-17-3/h5-6,8-9,12-13,16-17H,4,7,10-11H2,1-3H3. The van der Waals surface area contributed by atoms with Crippen LogP contribution in [0.4, 0.5) is 0 Å². The number of hydrogen-bond donors (Lipinski definition) is 1. The second-order valence-corrected chi connectivity index (χ2v) is 7.06. The molecule has 0 aromatic heterocycles. The zero-order valence-corrected chi connectivity index (χ0v) is 12.6. The van der Waals surface area contributed by atoms with Crippen LogP contribution in [0.3, 0.4) is 0 Å². The van der Waals surface area contributed by atoms with Crippen molar-refractivity contribution in [2.45, 2.75) is 49.8 Å². The van der Waals surface area contributed by atoms with Gasteiger partial charge in [0, 0.05) is 16.7 Å². The lowest BCUT2D eigenvalue weighted by molar-refractivity contribution is 0.283. The zero-order chi connectivity index (χ0) is 13.0. The Morgan fingerprint density at radius 3 is 2.44 bits per heavy atom. The van der Waals surface area contributed by atoms with Crippen molar-refractivity contribution in [3.63, 3.8) is 0 Å². The molecule has 1 fully saturated rings. The molecule has 1 aromatic rings. The minimum Gasteiger partial charge on any atom is -0.316 e. The second-order valence-electron chi connectivity index (χ2n) is 5.68. The van der Waals surface area contributed by atoms with Gasteiger partial charge >= 0.3 is 0 Å². The average Bonchev–Trinajstić information content (AvgIpc) is 2.37. The van der Waals surface area contributed by atoms with Crippen molar-refractivity contribution in [1.82, 2.24) is 5.32 Å². The van der Waals surface area contributed by atoms with Crippen molar-refractivity contribution in [2.75, 3.05) is 7.05 Å². The maximum atomic E-state index is 3.19. The Hall–Kier alpha value is -0.470. The first-order valence-electron chi connectivity index (χ1n) is 7.09. The molecular weight excluding hydrogens is 238 g/mol. The number of thioether (sulfide) groups is 1. The molecular formula is C16H25NS. The summed E-state index contributed by atoms with van der Waals surface area (Å²) in [6.07, 6.45) is 4.16. The Bertz CT molecular complexity index is 360. The van der Waals surface area contributed by atoms with E-state index < -0.39 is 0 Å². The van der Waals surface area contributed by atoms with Gasteiger partial charge in [0.2, 0.25) is 0 Å². The highest BCUT2D eigenvalue weighted by molar-refractivity contribution is 8.00. The molecule has 100 valence electrons. The van der Waals surface area contributed by atoms with Crippen LogP contribution in [0.5, 0.6) is 0 Å². The van der Waals surface area contributed by atoms with Crippen LogP contribution >= 0.6 is 11.8 Å². The van der Waals surface area contributed by atoms with Crippen LogP contribution in [0.1, 0.15) is 38.7 Å². The molecule has 0 heterocycles. The fourth-order valence-electron chi connectivity index (χ4n) is 2.69.